The second-order valence-electron chi connectivity index (χ2n) is 6.73. The molecule has 0 spiro atoms. The van der Waals surface area contributed by atoms with Crippen LogP contribution in [0.15, 0.2) is 72.2 Å². The van der Waals surface area contributed by atoms with Crippen molar-refractivity contribution in [1.82, 2.24) is 9.97 Å². The molecule has 0 amide bonds. The first-order chi connectivity index (χ1) is 13.1. The molecule has 0 radical (unpaired) electrons. The van der Waals surface area contributed by atoms with Crippen LogP contribution < -0.4 is 16.0 Å². The topological polar surface area (TPSA) is 67.1 Å². The minimum Gasteiger partial charge on any atom is -0.368 e. The predicted octanol–water partition coefficient (Wildman–Crippen LogP) is 4.81. The van der Waals surface area contributed by atoms with Crippen LogP contribution in [-0.2, 0) is 0 Å². The van der Waals surface area contributed by atoms with E-state index in [0.717, 1.165) is 35.6 Å². The van der Waals surface area contributed by atoms with Crippen molar-refractivity contribution in [2.45, 2.75) is 39.7 Å². The number of nitrogens with one attached hydrogen (secondary N) is 1. The van der Waals surface area contributed by atoms with E-state index in [-0.39, 0.29) is 12.0 Å². The third-order valence-corrected chi connectivity index (χ3v) is 4.52. The van der Waals surface area contributed by atoms with Crippen molar-refractivity contribution in [2.75, 3.05) is 16.0 Å². The molecule has 5 heteroatoms. The van der Waals surface area contributed by atoms with Crippen LogP contribution in [-0.4, -0.2) is 16.0 Å². The van der Waals surface area contributed by atoms with Gasteiger partial charge in [-0.25, -0.2) is 4.98 Å². The molecule has 1 atom stereocenters. The molecule has 1 aromatic heterocycles. The SMILES string of the molecule is CCCC1=CC=CN(c2ccccc2)C([C@H](C)Nc2nc(N)ncc2C)=C1. The van der Waals surface area contributed by atoms with Crippen LogP contribution in [0.2, 0.25) is 0 Å². The van der Waals surface area contributed by atoms with Crippen molar-refractivity contribution in [1.29, 1.82) is 0 Å². The van der Waals surface area contributed by atoms with Crippen LogP contribution in [0.1, 0.15) is 32.3 Å². The normalized spacial score (nSPS) is 15.0. The number of hydrogen-bond acceptors (Lipinski definition) is 5. The molecule has 0 aliphatic carbocycles. The average molecular weight is 361 g/mol. The highest BCUT2D eigenvalue weighted by Crippen LogP contribution is 2.27. The van der Waals surface area contributed by atoms with E-state index >= 15 is 0 Å². The lowest BCUT2D eigenvalue weighted by molar-refractivity contribution is 0.860. The molecule has 0 saturated carbocycles. The van der Waals surface area contributed by atoms with Gasteiger partial charge in [0, 0.05) is 29.3 Å². The van der Waals surface area contributed by atoms with Gasteiger partial charge in [0.2, 0.25) is 5.95 Å². The molecule has 5 nitrogen and oxygen atoms in total. The maximum absolute atomic E-state index is 5.78. The van der Waals surface area contributed by atoms with E-state index in [4.69, 9.17) is 5.73 Å². The van der Waals surface area contributed by atoms with Gasteiger partial charge in [-0.15, -0.1) is 0 Å². The number of para-hydroxylation sites is 1. The summed E-state index contributed by atoms with van der Waals surface area (Å²) in [6, 6.07) is 10.4. The Morgan fingerprint density at radius 1 is 1.22 bits per heavy atom. The van der Waals surface area contributed by atoms with Gasteiger partial charge in [-0.1, -0.05) is 37.6 Å². The first kappa shape index (κ1) is 18.7. The summed E-state index contributed by atoms with van der Waals surface area (Å²) in [4.78, 5) is 10.6. The van der Waals surface area contributed by atoms with Crippen LogP contribution in [0.25, 0.3) is 0 Å². The van der Waals surface area contributed by atoms with Crippen LogP contribution >= 0.6 is 0 Å². The van der Waals surface area contributed by atoms with Gasteiger partial charge >= 0.3 is 0 Å². The molecule has 0 saturated heterocycles. The number of hydrogen-bond donors (Lipinski definition) is 2. The smallest absolute Gasteiger partial charge is 0.221 e. The van der Waals surface area contributed by atoms with E-state index in [9.17, 15) is 0 Å². The fourth-order valence-electron chi connectivity index (χ4n) is 3.13. The van der Waals surface area contributed by atoms with Crippen molar-refractivity contribution in [3.63, 3.8) is 0 Å². The zero-order valence-corrected chi connectivity index (χ0v) is 16.2. The number of aryl methyl sites for hydroxylation is 1. The molecule has 2 heterocycles. The standard InChI is InChI=1S/C22H27N5/c1-4-9-18-10-8-13-27(19-11-6-5-7-12-19)20(14-18)17(3)25-21-16(2)15-24-22(23)26-21/h5-8,10-15,17H,4,9H2,1-3H3,(H3,23,24,25,26)/t17-/m0/s1. The van der Waals surface area contributed by atoms with Crippen LogP contribution in [0, 0.1) is 6.92 Å². The highest BCUT2D eigenvalue weighted by Gasteiger charge is 2.19. The summed E-state index contributed by atoms with van der Waals surface area (Å²) in [5.74, 6) is 1.04. The van der Waals surface area contributed by atoms with Crippen molar-refractivity contribution >= 4 is 17.5 Å². The lowest BCUT2D eigenvalue weighted by Crippen LogP contribution is -2.30. The van der Waals surface area contributed by atoms with Gasteiger partial charge in [0.15, 0.2) is 0 Å². The molecule has 2 aromatic rings. The summed E-state index contributed by atoms with van der Waals surface area (Å²) in [6.07, 6.45) is 12.6. The maximum atomic E-state index is 5.78. The number of anilines is 3. The van der Waals surface area contributed by atoms with Gasteiger partial charge in [0.1, 0.15) is 5.82 Å². The van der Waals surface area contributed by atoms with Gasteiger partial charge < -0.3 is 16.0 Å². The van der Waals surface area contributed by atoms with E-state index in [0.29, 0.717) is 0 Å². The summed E-state index contributed by atoms with van der Waals surface area (Å²) in [7, 11) is 0. The zero-order valence-electron chi connectivity index (χ0n) is 16.2. The third-order valence-electron chi connectivity index (χ3n) is 4.52. The number of benzene rings is 1. The fraction of sp³-hybridized carbons (Fsp3) is 0.273. The Morgan fingerprint density at radius 2 is 2.00 bits per heavy atom. The molecule has 140 valence electrons. The summed E-state index contributed by atoms with van der Waals surface area (Å²) >= 11 is 0. The second-order valence-corrected chi connectivity index (χ2v) is 6.73. The van der Waals surface area contributed by atoms with Gasteiger partial charge in [0.25, 0.3) is 0 Å². The number of nitrogens with zero attached hydrogens (tertiary/aromatic N) is 3. The molecule has 3 rings (SSSR count). The molecule has 0 fully saturated rings. The van der Waals surface area contributed by atoms with E-state index in [1.807, 2.05) is 13.0 Å². The maximum Gasteiger partial charge on any atom is 0.221 e. The lowest BCUT2D eigenvalue weighted by atomic mass is 10.1. The van der Waals surface area contributed by atoms with Crippen LogP contribution in [0.5, 0.6) is 0 Å². The highest BCUT2D eigenvalue weighted by molar-refractivity contribution is 5.60. The lowest BCUT2D eigenvalue weighted by Gasteiger charge is -2.29. The van der Waals surface area contributed by atoms with E-state index in [1.165, 1.54) is 5.57 Å². The molecule has 1 aliphatic heterocycles. The Kier molecular flexibility index (Phi) is 5.91. The largest absolute Gasteiger partial charge is 0.368 e. The summed E-state index contributed by atoms with van der Waals surface area (Å²) in [5, 5.41) is 3.51. The quantitative estimate of drug-likeness (QED) is 0.773. The summed E-state index contributed by atoms with van der Waals surface area (Å²) in [5.41, 5.74) is 10.3. The molecule has 0 bridgehead atoms. The second kappa shape index (κ2) is 8.54. The van der Waals surface area contributed by atoms with Gasteiger partial charge in [-0.05, 0) is 50.1 Å². The molecular formula is C22H27N5. The van der Waals surface area contributed by atoms with Gasteiger partial charge in [-0.2, -0.15) is 4.98 Å². The van der Waals surface area contributed by atoms with Gasteiger partial charge in [0.05, 0.1) is 6.04 Å². The van der Waals surface area contributed by atoms with Crippen molar-refractivity contribution in [3.8, 4) is 0 Å². The van der Waals surface area contributed by atoms with E-state index in [1.54, 1.807) is 6.20 Å². The zero-order chi connectivity index (χ0) is 19.2. The summed E-state index contributed by atoms with van der Waals surface area (Å²) in [6.45, 7) is 6.32. The number of nitrogen functional groups attached to an aromatic ring is 1. The number of nitrogens with two attached hydrogens (primary N) is 1. The Balaban J connectivity index is 1.96. The number of aromatic nitrogens is 2. The van der Waals surface area contributed by atoms with Gasteiger partial charge in [-0.3, -0.25) is 0 Å². The molecule has 1 aliphatic rings. The molecule has 1 aromatic carbocycles. The molecule has 27 heavy (non-hydrogen) atoms. The first-order valence-corrected chi connectivity index (χ1v) is 9.37. The van der Waals surface area contributed by atoms with Crippen LogP contribution in [0.3, 0.4) is 0 Å². The molecule has 3 N–H and O–H groups in total. The fourth-order valence-corrected chi connectivity index (χ4v) is 3.13. The third kappa shape index (κ3) is 4.56. The Hall–Kier alpha value is -3.08. The number of allylic oxidation sites excluding steroid dienone is 4. The highest BCUT2D eigenvalue weighted by atomic mass is 15.2. The first-order valence-electron chi connectivity index (χ1n) is 9.37. The predicted molar refractivity (Wildman–Crippen MR) is 113 cm³/mol. The average Bonchev–Trinajstić information content (AvgIpc) is 2.88. The van der Waals surface area contributed by atoms with Crippen molar-refractivity contribution in [2.24, 2.45) is 0 Å². The minimum atomic E-state index is 0.0289. The molecule has 0 unspecified atom stereocenters. The molecular weight excluding hydrogens is 334 g/mol. The van der Waals surface area contributed by atoms with E-state index < -0.39 is 0 Å². The summed E-state index contributed by atoms with van der Waals surface area (Å²) < 4.78 is 0. The minimum absolute atomic E-state index is 0.0289. The van der Waals surface area contributed by atoms with E-state index in [2.05, 4.69) is 82.7 Å². The van der Waals surface area contributed by atoms with Crippen LogP contribution in [0.4, 0.5) is 17.5 Å². The number of rotatable bonds is 6. The monoisotopic (exact) mass is 361 g/mol. The Bertz CT molecular complexity index is 868. The Morgan fingerprint density at radius 3 is 2.74 bits per heavy atom. The van der Waals surface area contributed by atoms with Crippen molar-refractivity contribution < 1.29 is 0 Å². The Labute approximate surface area is 161 Å². The van der Waals surface area contributed by atoms with Crippen molar-refractivity contribution in [3.05, 3.63) is 77.8 Å².